The number of para-hydroxylation sites is 2. The lowest BCUT2D eigenvalue weighted by atomic mass is 10.1. The summed E-state index contributed by atoms with van der Waals surface area (Å²) in [5.41, 5.74) is 3.97. The van der Waals surface area contributed by atoms with Crippen LogP contribution in [0.4, 0.5) is 0 Å². The summed E-state index contributed by atoms with van der Waals surface area (Å²) in [6.45, 7) is 5.34. The summed E-state index contributed by atoms with van der Waals surface area (Å²) in [4.78, 5) is 0. The molecule has 1 heterocycles. The van der Waals surface area contributed by atoms with Crippen LogP contribution in [0.3, 0.4) is 0 Å². The maximum Gasteiger partial charge on any atom is 0.122 e. The molecular weight excluding hydrogens is 272 g/mol. The van der Waals surface area contributed by atoms with Crippen molar-refractivity contribution in [2.45, 2.75) is 20.4 Å². The first-order chi connectivity index (χ1) is 10.7. The van der Waals surface area contributed by atoms with E-state index in [9.17, 15) is 5.26 Å². The van der Waals surface area contributed by atoms with E-state index in [-0.39, 0.29) is 0 Å². The van der Waals surface area contributed by atoms with Crippen LogP contribution in [0.1, 0.15) is 16.8 Å². The Kier molecular flexibility index (Phi) is 3.84. The number of rotatable bonds is 4. The van der Waals surface area contributed by atoms with Crippen LogP contribution in [0.2, 0.25) is 0 Å². The van der Waals surface area contributed by atoms with Crippen LogP contribution < -0.4 is 4.74 Å². The normalized spacial score (nSPS) is 10.6. The van der Waals surface area contributed by atoms with Crippen molar-refractivity contribution >= 4 is 10.9 Å². The molecule has 110 valence electrons. The topological polar surface area (TPSA) is 38.0 Å². The minimum absolute atomic E-state index is 0.579. The Bertz CT molecular complexity index is 855. The molecule has 3 nitrogen and oxygen atoms in total. The second kappa shape index (κ2) is 5.95. The number of fused-ring (bicyclic) bond motifs is 1. The van der Waals surface area contributed by atoms with Crippen LogP contribution in [0.25, 0.3) is 10.9 Å². The maximum atomic E-state index is 9.38. The van der Waals surface area contributed by atoms with Crippen molar-refractivity contribution in [2.24, 2.45) is 0 Å². The van der Waals surface area contributed by atoms with Crippen molar-refractivity contribution in [2.75, 3.05) is 6.61 Å². The quantitative estimate of drug-likeness (QED) is 0.722. The summed E-state index contributed by atoms with van der Waals surface area (Å²) < 4.78 is 8.04. The molecule has 0 saturated carbocycles. The Morgan fingerprint density at radius 1 is 1.05 bits per heavy atom. The van der Waals surface area contributed by atoms with Gasteiger partial charge in [0, 0.05) is 16.6 Å². The Labute approximate surface area is 130 Å². The molecule has 0 fully saturated rings. The minimum Gasteiger partial charge on any atom is -0.491 e. The molecule has 2 aromatic carbocycles. The smallest absolute Gasteiger partial charge is 0.122 e. The zero-order valence-corrected chi connectivity index (χ0v) is 12.8. The van der Waals surface area contributed by atoms with Gasteiger partial charge in [-0.3, -0.25) is 0 Å². The van der Waals surface area contributed by atoms with Crippen molar-refractivity contribution in [3.8, 4) is 11.8 Å². The van der Waals surface area contributed by atoms with Crippen LogP contribution in [0.15, 0.2) is 48.5 Å². The Morgan fingerprint density at radius 2 is 1.77 bits per heavy atom. The number of hydrogen-bond acceptors (Lipinski definition) is 2. The van der Waals surface area contributed by atoms with Gasteiger partial charge in [0.25, 0.3) is 0 Å². The van der Waals surface area contributed by atoms with Crippen molar-refractivity contribution in [3.63, 3.8) is 0 Å². The third-order valence-electron chi connectivity index (χ3n) is 4.01. The van der Waals surface area contributed by atoms with Gasteiger partial charge in [-0.05, 0) is 31.5 Å². The van der Waals surface area contributed by atoms with Crippen LogP contribution >= 0.6 is 0 Å². The fraction of sp³-hybridized carbons (Fsp3) is 0.211. The molecular formula is C19H18N2O. The van der Waals surface area contributed by atoms with E-state index in [2.05, 4.69) is 16.7 Å². The maximum absolute atomic E-state index is 9.38. The van der Waals surface area contributed by atoms with Gasteiger partial charge in [-0.25, -0.2) is 0 Å². The molecule has 0 saturated heterocycles. The highest BCUT2D eigenvalue weighted by Crippen LogP contribution is 2.25. The van der Waals surface area contributed by atoms with E-state index in [1.807, 2.05) is 56.3 Å². The minimum atomic E-state index is 0.579. The Hall–Kier alpha value is -2.73. The van der Waals surface area contributed by atoms with Gasteiger partial charge in [-0.2, -0.15) is 5.26 Å². The first kappa shape index (κ1) is 14.2. The second-order valence-corrected chi connectivity index (χ2v) is 5.35. The summed E-state index contributed by atoms with van der Waals surface area (Å²) in [6, 6.07) is 18.3. The standard InChI is InChI=1S/C19H18N2O/c1-14-7-3-6-10-19(14)22-12-11-21-15(2)17(13-20)16-8-4-5-9-18(16)21/h3-10H,11-12H2,1-2H3. The summed E-state index contributed by atoms with van der Waals surface area (Å²) in [5.74, 6) is 0.914. The number of aromatic nitrogens is 1. The number of ether oxygens (including phenoxy) is 1. The highest BCUT2D eigenvalue weighted by atomic mass is 16.5. The van der Waals surface area contributed by atoms with Gasteiger partial charge in [-0.15, -0.1) is 0 Å². The average molecular weight is 290 g/mol. The predicted molar refractivity (Wildman–Crippen MR) is 88.1 cm³/mol. The third-order valence-corrected chi connectivity index (χ3v) is 4.01. The summed E-state index contributed by atoms with van der Waals surface area (Å²) in [6.07, 6.45) is 0. The van der Waals surface area contributed by atoms with E-state index in [0.29, 0.717) is 6.61 Å². The van der Waals surface area contributed by atoms with Crippen molar-refractivity contribution in [1.29, 1.82) is 5.26 Å². The van der Waals surface area contributed by atoms with Crippen LogP contribution in [0, 0.1) is 25.2 Å². The molecule has 0 unspecified atom stereocenters. The lowest BCUT2D eigenvalue weighted by molar-refractivity contribution is 0.297. The average Bonchev–Trinajstić information content (AvgIpc) is 2.81. The van der Waals surface area contributed by atoms with E-state index in [1.54, 1.807) is 0 Å². The highest BCUT2D eigenvalue weighted by Gasteiger charge is 2.13. The molecule has 3 aromatic rings. The van der Waals surface area contributed by atoms with E-state index in [0.717, 1.165) is 40.0 Å². The Balaban J connectivity index is 1.84. The molecule has 3 rings (SSSR count). The molecule has 0 aliphatic rings. The van der Waals surface area contributed by atoms with Gasteiger partial charge in [0.15, 0.2) is 0 Å². The lowest BCUT2D eigenvalue weighted by Crippen LogP contribution is -2.10. The number of hydrogen-bond donors (Lipinski definition) is 0. The molecule has 1 aromatic heterocycles. The monoisotopic (exact) mass is 290 g/mol. The van der Waals surface area contributed by atoms with Crippen molar-refractivity contribution < 1.29 is 4.74 Å². The third kappa shape index (κ3) is 2.44. The van der Waals surface area contributed by atoms with Gasteiger partial charge in [0.1, 0.15) is 18.4 Å². The van der Waals surface area contributed by atoms with Gasteiger partial charge in [0.2, 0.25) is 0 Å². The van der Waals surface area contributed by atoms with E-state index >= 15 is 0 Å². The van der Waals surface area contributed by atoms with Crippen LogP contribution in [-0.2, 0) is 6.54 Å². The second-order valence-electron chi connectivity index (χ2n) is 5.35. The highest BCUT2D eigenvalue weighted by molar-refractivity contribution is 5.88. The summed E-state index contributed by atoms with van der Waals surface area (Å²) >= 11 is 0. The molecule has 0 aliphatic carbocycles. The zero-order valence-electron chi connectivity index (χ0n) is 12.8. The van der Waals surface area contributed by atoms with Crippen LogP contribution in [0.5, 0.6) is 5.75 Å². The van der Waals surface area contributed by atoms with Crippen LogP contribution in [-0.4, -0.2) is 11.2 Å². The molecule has 0 aliphatic heterocycles. The number of nitrogens with zero attached hydrogens (tertiary/aromatic N) is 2. The fourth-order valence-corrected chi connectivity index (χ4v) is 2.83. The predicted octanol–water partition coefficient (Wildman–Crippen LogP) is 4.21. The molecule has 0 N–H and O–H groups in total. The van der Waals surface area contributed by atoms with Crippen molar-refractivity contribution in [3.05, 3.63) is 65.4 Å². The van der Waals surface area contributed by atoms with E-state index in [4.69, 9.17) is 4.74 Å². The molecule has 0 atom stereocenters. The first-order valence-electron chi connectivity index (χ1n) is 7.38. The molecule has 0 radical (unpaired) electrons. The van der Waals surface area contributed by atoms with Gasteiger partial charge in [0.05, 0.1) is 12.1 Å². The van der Waals surface area contributed by atoms with Gasteiger partial charge < -0.3 is 9.30 Å². The number of aryl methyl sites for hydroxylation is 1. The molecule has 0 spiro atoms. The van der Waals surface area contributed by atoms with Gasteiger partial charge >= 0.3 is 0 Å². The number of nitriles is 1. The molecule has 0 bridgehead atoms. The fourth-order valence-electron chi connectivity index (χ4n) is 2.83. The Morgan fingerprint density at radius 3 is 2.55 bits per heavy atom. The lowest BCUT2D eigenvalue weighted by Gasteiger charge is -2.11. The largest absolute Gasteiger partial charge is 0.491 e. The van der Waals surface area contributed by atoms with Gasteiger partial charge in [-0.1, -0.05) is 36.4 Å². The molecule has 22 heavy (non-hydrogen) atoms. The zero-order chi connectivity index (χ0) is 15.5. The van der Waals surface area contributed by atoms with E-state index in [1.165, 1.54) is 0 Å². The summed E-state index contributed by atoms with van der Waals surface area (Å²) in [7, 11) is 0. The SMILES string of the molecule is Cc1ccccc1OCCn1c(C)c(C#N)c2ccccc21. The van der Waals surface area contributed by atoms with E-state index < -0.39 is 0 Å². The molecule has 3 heteroatoms. The summed E-state index contributed by atoms with van der Waals surface area (Å²) in [5, 5.41) is 10.4. The first-order valence-corrected chi connectivity index (χ1v) is 7.38. The van der Waals surface area contributed by atoms with Crippen molar-refractivity contribution in [1.82, 2.24) is 4.57 Å². The number of benzene rings is 2. The molecule has 0 amide bonds.